The first-order valence-corrected chi connectivity index (χ1v) is 5.62. The molecular weight excluding hydrogens is 259 g/mol. The van der Waals surface area contributed by atoms with Crippen LogP contribution in [0.1, 0.15) is 12.5 Å². The molecule has 1 unspecified atom stereocenters. The molecule has 0 fully saturated rings. The Labute approximate surface area is 113 Å². The molecule has 0 heterocycles. The van der Waals surface area contributed by atoms with E-state index in [0.29, 0.717) is 18.1 Å². The van der Waals surface area contributed by atoms with Crippen LogP contribution in [0, 0.1) is 5.92 Å². The Balaban J connectivity index is 0.00000256. The van der Waals surface area contributed by atoms with E-state index >= 15 is 0 Å². The number of benzene rings is 1. The van der Waals surface area contributed by atoms with Gasteiger partial charge in [-0.2, -0.15) is 0 Å². The fraction of sp³-hybridized carbons (Fsp3) is 0.417. The van der Waals surface area contributed by atoms with Crippen molar-refractivity contribution < 1.29 is 4.79 Å². The van der Waals surface area contributed by atoms with Crippen molar-refractivity contribution in [2.24, 2.45) is 11.7 Å². The standard InChI is InChI=1S/C12H17ClN2O.ClH/c1-9(7-14)12(16)15(2)8-10-3-5-11(13)6-4-10;/h3-6,9H,7-8,14H2,1-2H3;1H. The molecule has 17 heavy (non-hydrogen) atoms. The molecule has 0 saturated carbocycles. The maximum atomic E-state index is 11.8. The van der Waals surface area contributed by atoms with Crippen LogP contribution in [0.3, 0.4) is 0 Å². The summed E-state index contributed by atoms with van der Waals surface area (Å²) >= 11 is 5.79. The van der Waals surface area contributed by atoms with E-state index in [1.54, 1.807) is 11.9 Å². The van der Waals surface area contributed by atoms with E-state index in [-0.39, 0.29) is 24.2 Å². The van der Waals surface area contributed by atoms with Gasteiger partial charge >= 0.3 is 0 Å². The fourth-order valence-electron chi connectivity index (χ4n) is 1.42. The van der Waals surface area contributed by atoms with Crippen LogP contribution in [0.4, 0.5) is 0 Å². The highest BCUT2D eigenvalue weighted by Crippen LogP contribution is 2.11. The van der Waals surface area contributed by atoms with Gasteiger partial charge in [-0.3, -0.25) is 4.79 Å². The number of nitrogens with zero attached hydrogens (tertiary/aromatic N) is 1. The predicted molar refractivity (Wildman–Crippen MR) is 73.4 cm³/mol. The highest BCUT2D eigenvalue weighted by Gasteiger charge is 2.15. The molecule has 5 heteroatoms. The van der Waals surface area contributed by atoms with Crippen LogP contribution < -0.4 is 5.73 Å². The van der Waals surface area contributed by atoms with E-state index in [4.69, 9.17) is 17.3 Å². The molecule has 0 spiro atoms. The second-order valence-electron chi connectivity index (χ2n) is 3.96. The molecule has 1 atom stereocenters. The van der Waals surface area contributed by atoms with Gasteiger partial charge in [0.15, 0.2) is 0 Å². The number of amides is 1. The van der Waals surface area contributed by atoms with Crippen LogP contribution in [0.2, 0.25) is 5.02 Å². The minimum atomic E-state index is -0.127. The van der Waals surface area contributed by atoms with Gasteiger partial charge in [-0.1, -0.05) is 30.7 Å². The Morgan fingerprint density at radius 2 is 1.94 bits per heavy atom. The zero-order valence-corrected chi connectivity index (χ0v) is 11.6. The number of carbonyl (C=O) groups excluding carboxylic acids is 1. The van der Waals surface area contributed by atoms with Crippen molar-refractivity contribution in [3.05, 3.63) is 34.9 Å². The highest BCUT2D eigenvalue weighted by molar-refractivity contribution is 6.30. The first-order chi connectivity index (χ1) is 7.54. The first-order valence-electron chi connectivity index (χ1n) is 5.24. The van der Waals surface area contributed by atoms with Crippen LogP contribution in [-0.4, -0.2) is 24.4 Å². The second-order valence-corrected chi connectivity index (χ2v) is 4.39. The molecular formula is C12H18Cl2N2O. The van der Waals surface area contributed by atoms with Gasteiger partial charge < -0.3 is 10.6 Å². The minimum absolute atomic E-state index is 0. The molecule has 0 saturated heterocycles. The van der Waals surface area contributed by atoms with Crippen LogP contribution >= 0.6 is 24.0 Å². The van der Waals surface area contributed by atoms with Crippen molar-refractivity contribution in [2.75, 3.05) is 13.6 Å². The van der Waals surface area contributed by atoms with Gasteiger partial charge in [0.1, 0.15) is 0 Å². The third-order valence-electron chi connectivity index (χ3n) is 2.48. The molecule has 0 aliphatic heterocycles. The summed E-state index contributed by atoms with van der Waals surface area (Å²) in [6, 6.07) is 7.47. The summed E-state index contributed by atoms with van der Waals surface area (Å²) in [4.78, 5) is 13.4. The monoisotopic (exact) mass is 276 g/mol. The van der Waals surface area contributed by atoms with E-state index in [2.05, 4.69) is 0 Å². The molecule has 0 bridgehead atoms. The first kappa shape index (κ1) is 16.2. The lowest BCUT2D eigenvalue weighted by Crippen LogP contribution is -2.34. The zero-order chi connectivity index (χ0) is 12.1. The van der Waals surface area contributed by atoms with Crippen LogP contribution in [-0.2, 0) is 11.3 Å². The fourth-order valence-corrected chi connectivity index (χ4v) is 1.54. The van der Waals surface area contributed by atoms with Crippen molar-refractivity contribution in [2.45, 2.75) is 13.5 Å². The maximum absolute atomic E-state index is 11.8. The Kier molecular flexibility index (Phi) is 7.19. The number of rotatable bonds is 4. The number of nitrogens with two attached hydrogens (primary N) is 1. The lowest BCUT2D eigenvalue weighted by atomic mass is 10.1. The number of carbonyl (C=O) groups is 1. The lowest BCUT2D eigenvalue weighted by molar-refractivity contribution is -0.133. The Bertz CT molecular complexity index is 354. The molecule has 96 valence electrons. The quantitative estimate of drug-likeness (QED) is 0.918. The summed E-state index contributed by atoms with van der Waals surface area (Å²) in [6.45, 7) is 2.80. The molecule has 0 aromatic heterocycles. The highest BCUT2D eigenvalue weighted by atomic mass is 35.5. The Morgan fingerprint density at radius 1 is 1.41 bits per heavy atom. The summed E-state index contributed by atoms with van der Waals surface area (Å²) in [7, 11) is 1.78. The van der Waals surface area contributed by atoms with Gasteiger partial charge in [-0.15, -0.1) is 12.4 Å². The van der Waals surface area contributed by atoms with Gasteiger partial charge in [-0.05, 0) is 17.7 Å². The molecule has 3 nitrogen and oxygen atoms in total. The average molecular weight is 277 g/mol. The summed E-state index contributed by atoms with van der Waals surface area (Å²) in [5, 5.41) is 0.702. The molecule has 0 radical (unpaired) electrons. The summed E-state index contributed by atoms with van der Waals surface area (Å²) < 4.78 is 0. The van der Waals surface area contributed by atoms with Gasteiger partial charge in [-0.25, -0.2) is 0 Å². The minimum Gasteiger partial charge on any atom is -0.341 e. The Morgan fingerprint density at radius 3 is 2.41 bits per heavy atom. The van der Waals surface area contributed by atoms with Crippen molar-refractivity contribution in [3.8, 4) is 0 Å². The largest absolute Gasteiger partial charge is 0.341 e. The van der Waals surface area contributed by atoms with Crippen LogP contribution in [0.25, 0.3) is 0 Å². The molecule has 2 N–H and O–H groups in total. The van der Waals surface area contributed by atoms with E-state index in [0.717, 1.165) is 5.56 Å². The van der Waals surface area contributed by atoms with Crippen molar-refractivity contribution in [3.63, 3.8) is 0 Å². The van der Waals surface area contributed by atoms with Crippen molar-refractivity contribution in [1.29, 1.82) is 0 Å². The number of halogens is 2. The number of hydrogen-bond donors (Lipinski definition) is 1. The van der Waals surface area contributed by atoms with Crippen molar-refractivity contribution >= 4 is 29.9 Å². The van der Waals surface area contributed by atoms with E-state index in [1.807, 2.05) is 31.2 Å². The molecule has 1 rings (SSSR count). The smallest absolute Gasteiger partial charge is 0.226 e. The SMILES string of the molecule is CC(CN)C(=O)N(C)Cc1ccc(Cl)cc1.Cl. The third kappa shape index (κ3) is 4.94. The van der Waals surface area contributed by atoms with Gasteiger partial charge in [0.25, 0.3) is 0 Å². The normalized spacial score (nSPS) is 11.5. The summed E-state index contributed by atoms with van der Waals surface area (Å²) in [5.74, 6) is -0.0604. The maximum Gasteiger partial charge on any atom is 0.226 e. The van der Waals surface area contributed by atoms with E-state index in [9.17, 15) is 4.79 Å². The molecule has 1 aromatic rings. The van der Waals surface area contributed by atoms with Gasteiger partial charge in [0, 0.05) is 31.1 Å². The van der Waals surface area contributed by atoms with Crippen LogP contribution in [0.15, 0.2) is 24.3 Å². The van der Waals surface area contributed by atoms with Gasteiger partial charge in [0.05, 0.1) is 0 Å². The van der Waals surface area contributed by atoms with Crippen LogP contribution in [0.5, 0.6) is 0 Å². The average Bonchev–Trinajstić information content (AvgIpc) is 2.30. The second kappa shape index (κ2) is 7.54. The predicted octanol–water partition coefficient (Wildman–Crippen LogP) is 2.32. The third-order valence-corrected chi connectivity index (χ3v) is 2.74. The molecule has 1 aromatic carbocycles. The summed E-state index contributed by atoms with van der Waals surface area (Å²) in [6.07, 6.45) is 0. The zero-order valence-electron chi connectivity index (χ0n) is 10.0. The Hall–Kier alpha value is -0.770. The lowest BCUT2D eigenvalue weighted by Gasteiger charge is -2.20. The van der Waals surface area contributed by atoms with Gasteiger partial charge in [0.2, 0.25) is 5.91 Å². The topological polar surface area (TPSA) is 46.3 Å². The molecule has 0 aliphatic rings. The van der Waals surface area contributed by atoms with Crippen molar-refractivity contribution in [1.82, 2.24) is 4.90 Å². The van der Waals surface area contributed by atoms with E-state index in [1.165, 1.54) is 0 Å². The summed E-state index contributed by atoms with van der Waals surface area (Å²) in [5.41, 5.74) is 6.52. The molecule has 1 amide bonds. The van der Waals surface area contributed by atoms with E-state index < -0.39 is 0 Å². The molecule has 0 aliphatic carbocycles. The number of hydrogen-bond acceptors (Lipinski definition) is 2.